The highest BCUT2D eigenvalue weighted by Crippen LogP contribution is 2.14. The Labute approximate surface area is 82.2 Å². The van der Waals surface area contributed by atoms with Crippen LogP contribution in [-0.2, 0) is 4.79 Å². The first-order valence-corrected chi connectivity index (χ1v) is 4.73. The summed E-state index contributed by atoms with van der Waals surface area (Å²) in [6.45, 7) is 2.52. The van der Waals surface area contributed by atoms with E-state index in [1.807, 2.05) is 19.1 Å². The van der Waals surface area contributed by atoms with E-state index in [-0.39, 0.29) is 5.91 Å². The fraction of sp³-hybridized carbons (Fsp3) is 0.400. The standard InChI is InChI=1S/C10H12N2O2/c1-2-12-10(13)6-5-8(11-12)9-4-3-7-14-9/h3-4,7H,2,5-6H2,1H3. The molecule has 0 unspecified atom stereocenters. The Balaban J connectivity index is 2.25. The van der Waals surface area contributed by atoms with E-state index in [2.05, 4.69) is 5.10 Å². The summed E-state index contributed by atoms with van der Waals surface area (Å²) in [7, 11) is 0. The zero-order valence-electron chi connectivity index (χ0n) is 8.06. The molecule has 74 valence electrons. The number of nitrogens with zero attached hydrogens (tertiary/aromatic N) is 2. The van der Waals surface area contributed by atoms with E-state index < -0.39 is 0 Å². The molecule has 0 spiro atoms. The maximum atomic E-state index is 11.3. The van der Waals surface area contributed by atoms with Crippen molar-refractivity contribution in [2.45, 2.75) is 19.8 Å². The zero-order chi connectivity index (χ0) is 9.97. The van der Waals surface area contributed by atoms with Crippen molar-refractivity contribution in [1.29, 1.82) is 0 Å². The summed E-state index contributed by atoms with van der Waals surface area (Å²) in [6.07, 6.45) is 2.81. The molecule has 0 radical (unpaired) electrons. The van der Waals surface area contributed by atoms with Crippen LogP contribution in [0.15, 0.2) is 27.9 Å². The highest BCUT2D eigenvalue weighted by Gasteiger charge is 2.20. The topological polar surface area (TPSA) is 45.8 Å². The molecule has 0 saturated carbocycles. The van der Waals surface area contributed by atoms with Crippen molar-refractivity contribution >= 4 is 11.6 Å². The van der Waals surface area contributed by atoms with Gasteiger partial charge in [0, 0.05) is 19.4 Å². The van der Waals surface area contributed by atoms with Gasteiger partial charge in [0.2, 0.25) is 5.91 Å². The molecule has 1 amide bonds. The molecule has 1 aromatic rings. The first kappa shape index (κ1) is 8.99. The molecule has 0 fully saturated rings. The monoisotopic (exact) mass is 192 g/mol. The van der Waals surface area contributed by atoms with Gasteiger partial charge in [0.25, 0.3) is 0 Å². The minimum atomic E-state index is 0.0859. The second-order valence-electron chi connectivity index (χ2n) is 3.13. The lowest BCUT2D eigenvalue weighted by Gasteiger charge is -2.20. The van der Waals surface area contributed by atoms with Crippen LogP contribution in [0.5, 0.6) is 0 Å². The summed E-state index contributed by atoms with van der Waals surface area (Å²) in [4.78, 5) is 11.3. The van der Waals surface area contributed by atoms with Gasteiger partial charge >= 0.3 is 0 Å². The summed E-state index contributed by atoms with van der Waals surface area (Å²) in [6, 6.07) is 3.69. The van der Waals surface area contributed by atoms with Gasteiger partial charge < -0.3 is 4.42 Å². The number of hydrogen-bond acceptors (Lipinski definition) is 3. The highest BCUT2D eigenvalue weighted by molar-refractivity contribution is 6.02. The fourth-order valence-corrected chi connectivity index (χ4v) is 1.47. The van der Waals surface area contributed by atoms with E-state index in [9.17, 15) is 4.79 Å². The van der Waals surface area contributed by atoms with Crippen molar-refractivity contribution < 1.29 is 9.21 Å². The van der Waals surface area contributed by atoms with Crippen LogP contribution >= 0.6 is 0 Å². The third-order valence-corrected chi connectivity index (χ3v) is 2.21. The van der Waals surface area contributed by atoms with Gasteiger partial charge in [-0.3, -0.25) is 4.79 Å². The minimum Gasteiger partial charge on any atom is -0.463 e. The fourth-order valence-electron chi connectivity index (χ4n) is 1.47. The number of amides is 1. The highest BCUT2D eigenvalue weighted by atomic mass is 16.3. The van der Waals surface area contributed by atoms with Gasteiger partial charge in [0.05, 0.1) is 6.26 Å². The van der Waals surface area contributed by atoms with Crippen LogP contribution in [0.3, 0.4) is 0 Å². The third-order valence-electron chi connectivity index (χ3n) is 2.21. The van der Waals surface area contributed by atoms with Gasteiger partial charge in [-0.05, 0) is 19.1 Å². The summed E-state index contributed by atoms with van der Waals surface area (Å²) >= 11 is 0. The molecule has 0 N–H and O–H groups in total. The van der Waals surface area contributed by atoms with Crippen LogP contribution in [0.4, 0.5) is 0 Å². The number of hydrazone groups is 1. The first-order chi connectivity index (χ1) is 6.81. The number of furan rings is 1. The summed E-state index contributed by atoms with van der Waals surface area (Å²) < 4.78 is 5.23. The van der Waals surface area contributed by atoms with Gasteiger partial charge in [-0.1, -0.05) is 0 Å². The first-order valence-electron chi connectivity index (χ1n) is 4.73. The normalized spacial score (nSPS) is 17.1. The molecule has 14 heavy (non-hydrogen) atoms. The van der Waals surface area contributed by atoms with Crippen molar-refractivity contribution in [1.82, 2.24) is 5.01 Å². The SMILES string of the molecule is CCN1N=C(c2ccco2)CCC1=O. The molecule has 2 heterocycles. The Kier molecular flexibility index (Phi) is 2.35. The van der Waals surface area contributed by atoms with Crippen LogP contribution in [0.1, 0.15) is 25.5 Å². The Morgan fingerprint density at radius 3 is 3.07 bits per heavy atom. The Morgan fingerprint density at radius 1 is 1.57 bits per heavy atom. The Bertz CT molecular complexity index is 354. The smallest absolute Gasteiger partial charge is 0.243 e. The quantitative estimate of drug-likeness (QED) is 0.714. The zero-order valence-corrected chi connectivity index (χ0v) is 8.06. The van der Waals surface area contributed by atoms with E-state index in [4.69, 9.17) is 4.42 Å². The molecule has 0 aromatic carbocycles. The van der Waals surface area contributed by atoms with Gasteiger partial charge in [0.1, 0.15) is 11.5 Å². The minimum absolute atomic E-state index is 0.0859. The van der Waals surface area contributed by atoms with E-state index in [1.165, 1.54) is 5.01 Å². The van der Waals surface area contributed by atoms with Crippen molar-refractivity contribution in [2.24, 2.45) is 5.10 Å². The Morgan fingerprint density at radius 2 is 2.43 bits per heavy atom. The van der Waals surface area contributed by atoms with Gasteiger partial charge in [-0.25, -0.2) is 5.01 Å². The average Bonchev–Trinajstić information content (AvgIpc) is 2.71. The van der Waals surface area contributed by atoms with Crippen molar-refractivity contribution in [3.8, 4) is 0 Å². The van der Waals surface area contributed by atoms with E-state index in [0.29, 0.717) is 19.4 Å². The lowest BCUT2D eigenvalue weighted by atomic mass is 10.1. The summed E-state index contributed by atoms with van der Waals surface area (Å²) in [5.74, 6) is 0.846. The van der Waals surface area contributed by atoms with Crippen LogP contribution in [0.2, 0.25) is 0 Å². The predicted octanol–water partition coefficient (Wildman–Crippen LogP) is 1.63. The molecule has 1 aliphatic rings. The number of hydrogen-bond donors (Lipinski definition) is 0. The molecule has 1 aliphatic heterocycles. The number of rotatable bonds is 2. The van der Waals surface area contributed by atoms with Crippen molar-refractivity contribution in [2.75, 3.05) is 6.54 Å². The molecule has 0 atom stereocenters. The number of carbonyl (C=O) groups excluding carboxylic acids is 1. The van der Waals surface area contributed by atoms with E-state index >= 15 is 0 Å². The lowest BCUT2D eigenvalue weighted by Crippen LogP contribution is -2.31. The molecule has 0 bridgehead atoms. The van der Waals surface area contributed by atoms with E-state index in [1.54, 1.807) is 6.26 Å². The molecule has 0 aliphatic carbocycles. The predicted molar refractivity (Wildman–Crippen MR) is 51.9 cm³/mol. The van der Waals surface area contributed by atoms with Gasteiger partial charge in [-0.2, -0.15) is 5.10 Å². The molecular formula is C10H12N2O2. The van der Waals surface area contributed by atoms with Crippen LogP contribution in [-0.4, -0.2) is 23.2 Å². The van der Waals surface area contributed by atoms with Crippen LogP contribution in [0.25, 0.3) is 0 Å². The second-order valence-corrected chi connectivity index (χ2v) is 3.13. The molecule has 2 rings (SSSR count). The molecule has 4 heteroatoms. The summed E-state index contributed by atoms with van der Waals surface area (Å²) in [5, 5.41) is 5.72. The Hall–Kier alpha value is -1.58. The van der Waals surface area contributed by atoms with Gasteiger partial charge in [-0.15, -0.1) is 0 Å². The number of carbonyl (C=O) groups is 1. The van der Waals surface area contributed by atoms with Crippen molar-refractivity contribution in [3.63, 3.8) is 0 Å². The second kappa shape index (κ2) is 3.65. The van der Waals surface area contributed by atoms with Crippen molar-refractivity contribution in [3.05, 3.63) is 24.2 Å². The van der Waals surface area contributed by atoms with Crippen LogP contribution in [0, 0.1) is 0 Å². The average molecular weight is 192 g/mol. The third kappa shape index (κ3) is 1.55. The summed E-state index contributed by atoms with van der Waals surface area (Å²) in [5.41, 5.74) is 0.858. The molecule has 0 saturated heterocycles. The van der Waals surface area contributed by atoms with Crippen LogP contribution < -0.4 is 0 Å². The van der Waals surface area contributed by atoms with Gasteiger partial charge in [0.15, 0.2) is 0 Å². The molecular weight excluding hydrogens is 180 g/mol. The largest absolute Gasteiger partial charge is 0.463 e. The van der Waals surface area contributed by atoms with E-state index in [0.717, 1.165) is 11.5 Å². The molecule has 4 nitrogen and oxygen atoms in total. The maximum absolute atomic E-state index is 11.3. The molecule has 1 aromatic heterocycles. The lowest BCUT2D eigenvalue weighted by molar-refractivity contribution is -0.131. The maximum Gasteiger partial charge on any atom is 0.243 e.